The first-order valence-corrected chi connectivity index (χ1v) is 10.0. The van der Waals surface area contributed by atoms with Crippen LogP contribution in [-0.4, -0.2) is 54.1 Å². The number of carbonyl (C=O) groups is 1. The summed E-state index contributed by atoms with van der Waals surface area (Å²) in [6.45, 7) is 6.11. The van der Waals surface area contributed by atoms with Crippen molar-refractivity contribution in [1.82, 2.24) is 20.2 Å². The minimum atomic E-state index is -0.0854. The Kier molecular flexibility index (Phi) is 7.51. The molecule has 1 fully saturated rings. The summed E-state index contributed by atoms with van der Waals surface area (Å²) >= 11 is 0. The molecule has 2 aromatic rings. The SMILES string of the molecule is COCCCNC(=O)c1cnc(C)nc1C1CCN(Cc2ccccc2)CC1. The predicted octanol–water partition coefficient (Wildman–Crippen LogP) is 2.93. The number of hydrogen-bond donors (Lipinski definition) is 1. The second-order valence-electron chi connectivity index (χ2n) is 7.35. The summed E-state index contributed by atoms with van der Waals surface area (Å²) in [5, 5.41) is 2.96. The maximum absolute atomic E-state index is 12.6. The number of piperidine rings is 1. The molecule has 1 aliphatic rings. The van der Waals surface area contributed by atoms with Crippen LogP contribution in [0.4, 0.5) is 0 Å². The molecule has 0 atom stereocenters. The fourth-order valence-electron chi connectivity index (χ4n) is 3.69. The number of aromatic nitrogens is 2. The normalized spacial score (nSPS) is 15.5. The molecule has 6 heteroatoms. The Morgan fingerprint density at radius 1 is 1.25 bits per heavy atom. The Labute approximate surface area is 167 Å². The molecule has 0 bridgehead atoms. The van der Waals surface area contributed by atoms with E-state index in [9.17, 15) is 4.79 Å². The van der Waals surface area contributed by atoms with Gasteiger partial charge in [0.25, 0.3) is 5.91 Å². The molecule has 1 N–H and O–H groups in total. The molecule has 0 unspecified atom stereocenters. The van der Waals surface area contributed by atoms with Gasteiger partial charge in [0.1, 0.15) is 5.82 Å². The van der Waals surface area contributed by atoms with E-state index in [1.165, 1.54) is 5.56 Å². The van der Waals surface area contributed by atoms with Gasteiger partial charge in [0, 0.05) is 38.9 Å². The highest BCUT2D eigenvalue weighted by Gasteiger charge is 2.26. The fourth-order valence-corrected chi connectivity index (χ4v) is 3.69. The van der Waals surface area contributed by atoms with Gasteiger partial charge in [-0.1, -0.05) is 30.3 Å². The van der Waals surface area contributed by atoms with Crippen LogP contribution in [0.1, 0.15) is 52.6 Å². The van der Waals surface area contributed by atoms with E-state index < -0.39 is 0 Å². The molecule has 0 spiro atoms. The van der Waals surface area contributed by atoms with Crippen molar-refractivity contribution in [2.45, 2.75) is 38.6 Å². The summed E-state index contributed by atoms with van der Waals surface area (Å²) in [5.74, 6) is 0.934. The van der Waals surface area contributed by atoms with Crippen molar-refractivity contribution in [2.75, 3.05) is 33.4 Å². The van der Waals surface area contributed by atoms with Crippen molar-refractivity contribution in [3.63, 3.8) is 0 Å². The summed E-state index contributed by atoms with van der Waals surface area (Å²) in [4.78, 5) is 24.0. The van der Waals surface area contributed by atoms with Crippen LogP contribution in [-0.2, 0) is 11.3 Å². The maximum Gasteiger partial charge on any atom is 0.254 e. The van der Waals surface area contributed by atoms with Crippen LogP contribution in [0, 0.1) is 6.92 Å². The van der Waals surface area contributed by atoms with Crippen molar-refractivity contribution in [2.24, 2.45) is 0 Å². The van der Waals surface area contributed by atoms with Crippen molar-refractivity contribution in [3.05, 3.63) is 59.2 Å². The molecule has 1 saturated heterocycles. The average Bonchev–Trinajstić information content (AvgIpc) is 2.72. The Bertz CT molecular complexity index is 758. The van der Waals surface area contributed by atoms with E-state index in [0.29, 0.717) is 24.6 Å². The lowest BCUT2D eigenvalue weighted by Crippen LogP contribution is -2.34. The highest BCUT2D eigenvalue weighted by atomic mass is 16.5. The fraction of sp³-hybridized carbons (Fsp3) is 0.500. The summed E-state index contributed by atoms with van der Waals surface area (Å²) in [5.41, 5.74) is 2.86. The zero-order valence-corrected chi connectivity index (χ0v) is 16.9. The number of nitrogens with one attached hydrogen (secondary N) is 1. The number of rotatable bonds is 8. The van der Waals surface area contributed by atoms with Gasteiger partial charge in [0.05, 0.1) is 11.3 Å². The van der Waals surface area contributed by atoms with Gasteiger partial charge < -0.3 is 10.1 Å². The van der Waals surface area contributed by atoms with Gasteiger partial charge in [-0.2, -0.15) is 0 Å². The number of benzene rings is 1. The zero-order valence-electron chi connectivity index (χ0n) is 16.9. The summed E-state index contributed by atoms with van der Waals surface area (Å²) in [6.07, 6.45) is 4.49. The third kappa shape index (κ3) is 5.59. The molecule has 0 radical (unpaired) electrons. The van der Waals surface area contributed by atoms with E-state index >= 15 is 0 Å². The topological polar surface area (TPSA) is 67.3 Å². The molecule has 1 amide bonds. The summed E-state index contributed by atoms with van der Waals surface area (Å²) in [6, 6.07) is 10.6. The van der Waals surface area contributed by atoms with Crippen LogP contribution >= 0.6 is 0 Å². The van der Waals surface area contributed by atoms with E-state index in [-0.39, 0.29) is 5.91 Å². The first-order valence-electron chi connectivity index (χ1n) is 10.0. The number of ether oxygens (including phenoxy) is 1. The second-order valence-corrected chi connectivity index (χ2v) is 7.35. The highest BCUT2D eigenvalue weighted by molar-refractivity contribution is 5.95. The monoisotopic (exact) mass is 382 g/mol. The van der Waals surface area contributed by atoms with Crippen molar-refractivity contribution in [1.29, 1.82) is 0 Å². The first kappa shape index (κ1) is 20.4. The molecular weight excluding hydrogens is 352 g/mol. The lowest BCUT2D eigenvalue weighted by Gasteiger charge is -2.32. The van der Waals surface area contributed by atoms with Gasteiger partial charge in [-0.3, -0.25) is 9.69 Å². The number of carbonyl (C=O) groups excluding carboxylic acids is 1. The molecule has 28 heavy (non-hydrogen) atoms. The molecule has 3 rings (SSSR count). The van der Waals surface area contributed by atoms with Gasteiger partial charge in [-0.15, -0.1) is 0 Å². The molecule has 1 aromatic heterocycles. The van der Waals surface area contributed by atoms with E-state index in [2.05, 4.69) is 50.5 Å². The molecule has 2 heterocycles. The summed E-state index contributed by atoms with van der Waals surface area (Å²) in [7, 11) is 1.66. The third-order valence-electron chi connectivity index (χ3n) is 5.22. The molecule has 1 aromatic carbocycles. The second kappa shape index (κ2) is 10.3. The van der Waals surface area contributed by atoms with Gasteiger partial charge in [0.15, 0.2) is 0 Å². The number of likely N-dealkylation sites (tertiary alicyclic amines) is 1. The summed E-state index contributed by atoms with van der Waals surface area (Å²) < 4.78 is 5.04. The van der Waals surface area contributed by atoms with Crippen LogP contribution in [0.3, 0.4) is 0 Å². The molecular formula is C22H30N4O2. The van der Waals surface area contributed by atoms with Gasteiger partial charge >= 0.3 is 0 Å². The average molecular weight is 383 g/mol. The highest BCUT2D eigenvalue weighted by Crippen LogP contribution is 2.29. The van der Waals surface area contributed by atoms with Crippen LogP contribution in [0.2, 0.25) is 0 Å². The maximum atomic E-state index is 12.6. The largest absolute Gasteiger partial charge is 0.385 e. The smallest absolute Gasteiger partial charge is 0.254 e. The molecule has 1 aliphatic heterocycles. The van der Waals surface area contributed by atoms with Crippen LogP contribution < -0.4 is 5.32 Å². The van der Waals surface area contributed by atoms with E-state index in [0.717, 1.165) is 50.4 Å². The van der Waals surface area contributed by atoms with Crippen molar-refractivity contribution < 1.29 is 9.53 Å². The standard InChI is InChI=1S/C22H30N4O2/c1-17-24-15-20(22(27)23-11-6-14-28-2)21(25-17)19-9-12-26(13-10-19)16-18-7-4-3-5-8-18/h3-5,7-8,15,19H,6,9-14,16H2,1-2H3,(H,23,27). The minimum absolute atomic E-state index is 0.0854. The number of aryl methyl sites for hydroxylation is 1. The lowest BCUT2D eigenvalue weighted by molar-refractivity contribution is 0.0945. The molecule has 0 aliphatic carbocycles. The zero-order chi connectivity index (χ0) is 19.8. The van der Waals surface area contributed by atoms with Crippen molar-refractivity contribution >= 4 is 5.91 Å². The Hall–Kier alpha value is -2.31. The van der Waals surface area contributed by atoms with Crippen LogP contribution in [0.5, 0.6) is 0 Å². The number of amides is 1. The number of nitrogens with zero attached hydrogens (tertiary/aromatic N) is 3. The van der Waals surface area contributed by atoms with E-state index in [4.69, 9.17) is 4.74 Å². The number of hydrogen-bond acceptors (Lipinski definition) is 5. The van der Waals surface area contributed by atoms with Crippen molar-refractivity contribution in [3.8, 4) is 0 Å². The molecule has 6 nitrogen and oxygen atoms in total. The minimum Gasteiger partial charge on any atom is -0.385 e. The quantitative estimate of drug-likeness (QED) is 0.711. The Balaban J connectivity index is 1.62. The molecule has 150 valence electrons. The first-order chi connectivity index (χ1) is 13.7. The van der Waals surface area contributed by atoms with Crippen LogP contribution in [0.15, 0.2) is 36.5 Å². The van der Waals surface area contributed by atoms with Gasteiger partial charge in [-0.25, -0.2) is 9.97 Å². The van der Waals surface area contributed by atoms with E-state index in [1.807, 2.05) is 6.92 Å². The number of methoxy groups -OCH3 is 1. The van der Waals surface area contributed by atoms with Gasteiger partial charge in [0.2, 0.25) is 0 Å². The van der Waals surface area contributed by atoms with E-state index in [1.54, 1.807) is 13.3 Å². The third-order valence-corrected chi connectivity index (χ3v) is 5.22. The van der Waals surface area contributed by atoms with Crippen LogP contribution in [0.25, 0.3) is 0 Å². The predicted molar refractivity (Wildman–Crippen MR) is 109 cm³/mol. The molecule has 0 saturated carbocycles. The lowest BCUT2D eigenvalue weighted by atomic mass is 9.90. The Morgan fingerprint density at radius 2 is 2.00 bits per heavy atom. The Morgan fingerprint density at radius 3 is 2.71 bits per heavy atom. The van der Waals surface area contributed by atoms with Gasteiger partial charge in [-0.05, 0) is 44.8 Å².